The number of nitrogens with zero attached hydrogens (tertiary/aromatic N) is 3. The summed E-state index contributed by atoms with van der Waals surface area (Å²) in [5.74, 6) is 0.899. The second kappa shape index (κ2) is 3.79. The number of aryl methyl sites for hydroxylation is 2. The molecule has 0 saturated carbocycles. The van der Waals surface area contributed by atoms with Crippen molar-refractivity contribution in [2.45, 2.75) is 13.5 Å². The van der Waals surface area contributed by atoms with Gasteiger partial charge in [-0.3, -0.25) is 4.98 Å². The Hall–Kier alpha value is -1.36. The molecule has 0 aliphatic rings. The first-order valence-electron chi connectivity index (χ1n) is 4.37. The minimum atomic E-state index is 0.787. The van der Waals surface area contributed by atoms with Crippen LogP contribution in [-0.2, 0) is 13.6 Å². The Balaban J connectivity index is 2.01. The van der Waals surface area contributed by atoms with Gasteiger partial charge in [-0.25, -0.2) is 4.98 Å². The smallest absolute Gasteiger partial charge is 0.203 e. The van der Waals surface area contributed by atoms with Gasteiger partial charge < -0.3 is 9.88 Å². The Labute approximate surface area is 86.6 Å². The molecule has 4 nitrogen and oxygen atoms in total. The van der Waals surface area contributed by atoms with Crippen molar-refractivity contribution >= 4 is 17.3 Å². The number of rotatable bonds is 3. The fraction of sp³-hybridized carbons (Fsp3) is 0.333. The zero-order valence-corrected chi connectivity index (χ0v) is 9.01. The molecular weight excluding hydrogens is 196 g/mol. The molecule has 2 rings (SSSR count). The number of nitrogens with one attached hydrogen (secondary N) is 1. The number of imidazole rings is 1. The molecular formula is C9H12N4S. The fourth-order valence-electron chi connectivity index (χ4n) is 1.28. The molecule has 74 valence electrons. The quantitative estimate of drug-likeness (QED) is 0.836. The van der Waals surface area contributed by atoms with Gasteiger partial charge in [0.1, 0.15) is 0 Å². The van der Waals surface area contributed by atoms with Gasteiger partial charge in [-0.05, 0) is 6.92 Å². The lowest BCUT2D eigenvalue weighted by molar-refractivity contribution is 0.902. The topological polar surface area (TPSA) is 42.7 Å². The van der Waals surface area contributed by atoms with Crippen LogP contribution in [0.2, 0.25) is 0 Å². The van der Waals surface area contributed by atoms with E-state index in [0.717, 1.165) is 18.2 Å². The Morgan fingerprint density at radius 3 is 3.00 bits per heavy atom. The van der Waals surface area contributed by atoms with Crippen LogP contribution < -0.4 is 5.32 Å². The first kappa shape index (κ1) is 9.21. The van der Waals surface area contributed by atoms with E-state index in [0.29, 0.717) is 0 Å². The van der Waals surface area contributed by atoms with Crippen LogP contribution in [0.1, 0.15) is 10.6 Å². The molecule has 0 aliphatic carbocycles. The van der Waals surface area contributed by atoms with Crippen molar-refractivity contribution < 1.29 is 0 Å². The molecule has 0 amide bonds. The maximum atomic E-state index is 4.35. The van der Waals surface area contributed by atoms with E-state index in [-0.39, 0.29) is 0 Å². The Kier molecular flexibility index (Phi) is 2.49. The summed E-state index contributed by atoms with van der Waals surface area (Å²) in [6, 6.07) is 0. The number of hydrogen-bond donors (Lipinski definition) is 1. The van der Waals surface area contributed by atoms with Gasteiger partial charge in [0, 0.05) is 24.3 Å². The van der Waals surface area contributed by atoms with E-state index in [1.807, 2.05) is 36.4 Å². The lowest BCUT2D eigenvalue weighted by Gasteiger charge is -2.02. The predicted molar refractivity (Wildman–Crippen MR) is 57.4 cm³/mol. The average Bonchev–Trinajstić information content (AvgIpc) is 2.72. The molecule has 0 aliphatic heterocycles. The van der Waals surface area contributed by atoms with Gasteiger partial charge in [-0.15, -0.1) is 11.3 Å². The van der Waals surface area contributed by atoms with Gasteiger partial charge in [0.2, 0.25) is 5.95 Å². The molecule has 0 fully saturated rings. The number of thiazole rings is 1. The molecule has 0 bridgehead atoms. The van der Waals surface area contributed by atoms with E-state index in [9.17, 15) is 0 Å². The van der Waals surface area contributed by atoms with Gasteiger partial charge in [0.25, 0.3) is 0 Å². The Bertz CT molecular complexity index is 404. The highest BCUT2D eigenvalue weighted by atomic mass is 32.1. The summed E-state index contributed by atoms with van der Waals surface area (Å²) in [7, 11) is 1.98. The summed E-state index contributed by atoms with van der Waals surface area (Å²) in [5.41, 5.74) is 2.86. The largest absolute Gasteiger partial charge is 0.351 e. The van der Waals surface area contributed by atoms with Gasteiger partial charge >= 0.3 is 0 Å². The Morgan fingerprint density at radius 2 is 2.43 bits per heavy atom. The van der Waals surface area contributed by atoms with Crippen molar-refractivity contribution in [3.05, 3.63) is 28.5 Å². The van der Waals surface area contributed by atoms with E-state index >= 15 is 0 Å². The third kappa shape index (κ3) is 1.93. The molecule has 0 radical (unpaired) electrons. The summed E-state index contributed by atoms with van der Waals surface area (Å²) < 4.78 is 1.98. The minimum Gasteiger partial charge on any atom is -0.351 e. The first-order chi connectivity index (χ1) is 6.75. The van der Waals surface area contributed by atoms with Gasteiger partial charge in [0.15, 0.2) is 0 Å². The maximum Gasteiger partial charge on any atom is 0.203 e. The molecule has 0 saturated heterocycles. The van der Waals surface area contributed by atoms with Gasteiger partial charge in [-0.1, -0.05) is 0 Å². The molecule has 0 unspecified atom stereocenters. The molecule has 0 spiro atoms. The molecule has 1 N–H and O–H groups in total. The second-order valence-electron chi connectivity index (χ2n) is 3.14. The number of aromatic nitrogens is 3. The monoisotopic (exact) mass is 208 g/mol. The third-order valence-corrected chi connectivity index (χ3v) is 2.68. The highest BCUT2D eigenvalue weighted by molar-refractivity contribution is 7.09. The predicted octanol–water partition coefficient (Wildman–Crippen LogP) is 1.80. The minimum absolute atomic E-state index is 0.787. The highest BCUT2D eigenvalue weighted by Gasteiger charge is 2.01. The average molecular weight is 208 g/mol. The van der Waals surface area contributed by atoms with Crippen molar-refractivity contribution in [1.82, 2.24) is 14.5 Å². The first-order valence-corrected chi connectivity index (χ1v) is 5.25. The summed E-state index contributed by atoms with van der Waals surface area (Å²) in [5, 5.41) is 3.26. The van der Waals surface area contributed by atoms with E-state index < -0.39 is 0 Å². The third-order valence-electron chi connectivity index (χ3n) is 1.90. The highest BCUT2D eigenvalue weighted by Crippen LogP contribution is 2.10. The molecule has 14 heavy (non-hydrogen) atoms. The molecule has 0 aromatic carbocycles. The lowest BCUT2D eigenvalue weighted by atomic mass is 10.5. The molecule has 2 aromatic rings. The van der Waals surface area contributed by atoms with Crippen molar-refractivity contribution in [1.29, 1.82) is 0 Å². The zero-order valence-electron chi connectivity index (χ0n) is 8.19. The van der Waals surface area contributed by atoms with Crippen LogP contribution in [0.5, 0.6) is 0 Å². The summed E-state index contributed by atoms with van der Waals surface area (Å²) in [6.45, 7) is 2.77. The Morgan fingerprint density at radius 1 is 1.57 bits per heavy atom. The van der Waals surface area contributed by atoms with Crippen LogP contribution >= 0.6 is 11.3 Å². The van der Waals surface area contributed by atoms with Crippen LogP contribution in [0.25, 0.3) is 0 Å². The zero-order chi connectivity index (χ0) is 9.97. The standard InChI is InChI=1S/C9H12N4S/c1-7-5-13(2)9(12-7)11-4-8-3-10-6-14-8/h3,5-6H,4H2,1-2H3,(H,11,12). The van der Waals surface area contributed by atoms with E-state index in [2.05, 4.69) is 15.3 Å². The SMILES string of the molecule is Cc1cn(C)c(NCc2cncs2)n1. The lowest BCUT2D eigenvalue weighted by Crippen LogP contribution is -2.03. The van der Waals surface area contributed by atoms with Crippen molar-refractivity contribution in [2.75, 3.05) is 5.32 Å². The van der Waals surface area contributed by atoms with Crippen LogP contribution in [0.4, 0.5) is 5.95 Å². The molecule has 0 atom stereocenters. The second-order valence-corrected chi connectivity index (χ2v) is 4.11. The maximum absolute atomic E-state index is 4.35. The van der Waals surface area contributed by atoms with E-state index in [1.165, 1.54) is 4.88 Å². The van der Waals surface area contributed by atoms with Gasteiger partial charge in [0.05, 0.1) is 17.7 Å². The number of hydrogen-bond acceptors (Lipinski definition) is 4. The van der Waals surface area contributed by atoms with Crippen LogP contribution in [-0.4, -0.2) is 14.5 Å². The molecule has 5 heteroatoms. The van der Waals surface area contributed by atoms with Crippen LogP contribution in [0.3, 0.4) is 0 Å². The van der Waals surface area contributed by atoms with E-state index in [1.54, 1.807) is 11.3 Å². The molecule has 2 aromatic heterocycles. The van der Waals surface area contributed by atoms with E-state index in [4.69, 9.17) is 0 Å². The normalized spacial score (nSPS) is 10.4. The van der Waals surface area contributed by atoms with Gasteiger partial charge in [-0.2, -0.15) is 0 Å². The van der Waals surface area contributed by atoms with Crippen molar-refractivity contribution in [3.8, 4) is 0 Å². The number of anilines is 1. The van der Waals surface area contributed by atoms with Crippen LogP contribution in [0, 0.1) is 6.92 Å². The summed E-state index contributed by atoms with van der Waals surface area (Å²) in [4.78, 5) is 9.57. The van der Waals surface area contributed by atoms with Crippen LogP contribution in [0.15, 0.2) is 17.9 Å². The van der Waals surface area contributed by atoms with Crippen molar-refractivity contribution in [2.24, 2.45) is 7.05 Å². The summed E-state index contributed by atoms with van der Waals surface area (Å²) in [6.07, 6.45) is 3.86. The fourth-order valence-corrected chi connectivity index (χ4v) is 1.81. The molecule has 2 heterocycles. The summed E-state index contributed by atoms with van der Waals surface area (Å²) >= 11 is 1.64. The van der Waals surface area contributed by atoms with Crippen molar-refractivity contribution in [3.63, 3.8) is 0 Å².